The van der Waals surface area contributed by atoms with Gasteiger partial charge in [-0.25, -0.2) is 0 Å². The SMILES string of the molecule is C[C]1(C)[C](C)(C)[Ti+2]1([C]1=CC=CC1)[C]1=CC=CC1.[Cl-].[Cl-]. The Kier molecular flexibility index (Phi) is 4.76. The third kappa shape index (κ3) is 1.84. The van der Waals surface area contributed by atoms with Crippen LogP contribution in [0.15, 0.2) is 44.2 Å². The van der Waals surface area contributed by atoms with E-state index in [1.165, 1.54) is 12.8 Å². The van der Waals surface area contributed by atoms with Crippen LogP contribution < -0.4 is 24.8 Å². The first-order valence-electron chi connectivity index (χ1n) is 6.68. The van der Waals surface area contributed by atoms with E-state index in [-0.39, 0.29) is 24.8 Å². The van der Waals surface area contributed by atoms with Gasteiger partial charge in [0.1, 0.15) is 0 Å². The van der Waals surface area contributed by atoms with Crippen LogP contribution in [0, 0.1) is 0 Å². The maximum absolute atomic E-state index is 2.52. The summed E-state index contributed by atoms with van der Waals surface area (Å²) in [5.74, 6) is 0. The van der Waals surface area contributed by atoms with Crippen molar-refractivity contribution in [2.75, 3.05) is 0 Å². The molecule has 3 aliphatic rings. The molecule has 1 aliphatic heterocycles. The van der Waals surface area contributed by atoms with Crippen molar-refractivity contribution in [1.82, 2.24) is 0 Å². The zero-order valence-electron chi connectivity index (χ0n) is 12.1. The minimum atomic E-state index is -2.06. The molecule has 0 N–H and O–H groups in total. The van der Waals surface area contributed by atoms with Crippen LogP contribution in [-0.4, -0.2) is 0 Å². The fraction of sp³-hybridized carbons (Fsp3) is 0.500. The molecule has 0 amide bonds. The summed E-state index contributed by atoms with van der Waals surface area (Å²) < 4.78 is 4.75. The second-order valence-electron chi connectivity index (χ2n) is 6.65. The summed E-state index contributed by atoms with van der Waals surface area (Å²) in [4.78, 5) is 0. The van der Waals surface area contributed by atoms with Crippen LogP contribution >= 0.6 is 0 Å². The van der Waals surface area contributed by atoms with E-state index in [4.69, 9.17) is 0 Å². The first-order chi connectivity index (χ1) is 7.96. The fourth-order valence-electron chi connectivity index (χ4n) is 4.57. The van der Waals surface area contributed by atoms with E-state index >= 15 is 0 Å². The van der Waals surface area contributed by atoms with E-state index < -0.39 is 16.6 Å². The number of halogens is 2. The molecule has 0 unspecified atom stereocenters. The number of hydrogen-bond donors (Lipinski definition) is 0. The van der Waals surface area contributed by atoms with Crippen molar-refractivity contribution in [1.29, 1.82) is 0 Å². The van der Waals surface area contributed by atoms with E-state index in [1.54, 1.807) is 0 Å². The van der Waals surface area contributed by atoms with Crippen molar-refractivity contribution in [3.8, 4) is 0 Å². The molecule has 0 bridgehead atoms. The van der Waals surface area contributed by atoms with Crippen molar-refractivity contribution in [2.24, 2.45) is 0 Å². The summed E-state index contributed by atoms with van der Waals surface area (Å²) in [6, 6.07) is 0. The zero-order valence-corrected chi connectivity index (χ0v) is 15.2. The fourth-order valence-corrected chi connectivity index (χ4v) is 17.5. The van der Waals surface area contributed by atoms with E-state index in [2.05, 4.69) is 64.2 Å². The maximum Gasteiger partial charge on any atom is -1.00 e. The molecule has 0 aromatic heterocycles. The second kappa shape index (κ2) is 5.22. The molecule has 1 heterocycles. The van der Waals surface area contributed by atoms with Crippen LogP contribution in [0.5, 0.6) is 0 Å². The summed E-state index contributed by atoms with van der Waals surface area (Å²) >= 11 is -2.06. The second-order valence-corrected chi connectivity index (χ2v) is 14.9. The third-order valence-corrected chi connectivity index (χ3v) is 17.5. The predicted molar refractivity (Wildman–Crippen MR) is 71.8 cm³/mol. The van der Waals surface area contributed by atoms with Crippen molar-refractivity contribution in [3.63, 3.8) is 0 Å². The molecule has 2 aliphatic carbocycles. The molecule has 0 aromatic rings. The van der Waals surface area contributed by atoms with E-state index in [0.29, 0.717) is 7.44 Å². The normalized spacial score (nSPS) is 25.5. The average molecular weight is 333 g/mol. The van der Waals surface area contributed by atoms with Crippen LogP contribution in [0.2, 0.25) is 7.44 Å². The zero-order chi connectivity index (χ0) is 12.3. The summed E-state index contributed by atoms with van der Waals surface area (Å²) in [5, 5.41) is 0. The molecule has 0 radical (unpaired) electrons. The van der Waals surface area contributed by atoms with Crippen LogP contribution in [0.3, 0.4) is 0 Å². The van der Waals surface area contributed by atoms with Gasteiger partial charge in [-0.05, 0) is 0 Å². The Morgan fingerprint density at radius 3 is 1.37 bits per heavy atom. The predicted octanol–water partition coefficient (Wildman–Crippen LogP) is -0.753. The Hall–Kier alpha value is 0.254. The Morgan fingerprint density at radius 2 is 1.16 bits per heavy atom. The first-order valence-corrected chi connectivity index (χ1v) is 9.81. The minimum Gasteiger partial charge on any atom is -1.00 e. The standard InChI is InChI=1S/C6H12.2C5H5.2ClH.Ti/c1-5(2)6(3)4;2*1-2-4-5-3-1;;;/h1-4H3;2*1-3H,4H2;2*1H;/q;;;;;+2/p-2. The van der Waals surface area contributed by atoms with Crippen LogP contribution in [0.4, 0.5) is 0 Å². The van der Waals surface area contributed by atoms with Gasteiger partial charge in [0.25, 0.3) is 0 Å². The van der Waals surface area contributed by atoms with Gasteiger partial charge in [0, 0.05) is 0 Å². The molecule has 0 nitrogen and oxygen atoms in total. The number of allylic oxidation sites excluding steroid dienone is 8. The monoisotopic (exact) mass is 332 g/mol. The van der Waals surface area contributed by atoms with Gasteiger partial charge in [0.05, 0.1) is 0 Å². The van der Waals surface area contributed by atoms with Gasteiger partial charge >= 0.3 is 109 Å². The van der Waals surface area contributed by atoms with Gasteiger partial charge in [-0.1, -0.05) is 0 Å². The Labute approximate surface area is 133 Å². The molecule has 0 saturated carbocycles. The van der Waals surface area contributed by atoms with E-state index in [1.807, 2.05) is 7.76 Å². The van der Waals surface area contributed by atoms with Gasteiger partial charge in [0.2, 0.25) is 0 Å². The molecule has 1 fully saturated rings. The van der Waals surface area contributed by atoms with Gasteiger partial charge in [0.15, 0.2) is 0 Å². The Morgan fingerprint density at radius 1 is 0.789 bits per heavy atom. The first kappa shape index (κ1) is 17.3. The maximum atomic E-state index is 2.52. The number of hydrogen-bond acceptors (Lipinski definition) is 0. The molecular weight excluding hydrogens is 311 g/mol. The Bertz CT molecular complexity index is 447. The van der Waals surface area contributed by atoms with Gasteiger partial charge in [-0.2, -0.15) is 0 Å². The van der Waals surface area contributed by atoms with Crippen LogP contribution in [0.25, 0.3) is 0 Å². The summed E-state index contributed by atoms with van der Waals surface area (Å²) in [6.07, 6.45) is 16.6. The Balaban J connectivity index is 0.000000902. The molecule has 19 heavy (non-hydrogen) atoms. The average Bonchev–Trinajstić information content (AvgIpc) is 2.81. The van der Waals surface area contributed by atoms with Crippen molar-refractivity contribution < 1.29 is 41.4 Å². The smallest absolute Gasteiger partial charge is 1.00 e. The molecule has 104 valence electrons. The molecule has 1 saturated heterocycles. The van der Waals surface area contributed by atoms with Crippen molar-refractivity contribution >= 4 is 0 Å². The van der Waals surface area contributed by atoms with E-state index in [9.17, 15) is 0 Å². The molecule has 0 atom stereocenters. The molecule has 0 aromatic carbocycles. The van der Waals surface area contributed by atoms with Gasteiger partial charge in [-0.3, -0.25) is 0 Å². The van der Waals surface area contributed by atoms with Crippen LogP contribution in [0.1, 0.15) is 40.5 Å². The molecule has 0 spiro atoms. The number of rotatable bonds is 2. The largest absolute Gasteiger partial charge is 1.00 e. The molecular formula is C16H22Cl2Ti. The quantitative estimate of drug-likeness (QED) is 0.584. The summed E-state index contributed by atoms with van der Waals surface area (Å²) in [7, 11) is 0. The molecule has 3 heteroatoms. The van der Waals surface area contributed by atoms with E-state index in [0.717, 1.165) is 0 Å². The van der Waals surface area contributed by atoms with Crippen LogP contribution in [-0.2, 0) is 16.6 Å². The van der Waals surface area contributed by atoms with Gasteiger partial charge in [-0.15, -0.1) is 0 Å². The van der Waals surface area contributed by atoms with Crippen molar-refractivity contribution in [2.45, 2.75) is 48.0 Å². The van der Waals surface area contributed by atoms with Gasteiger partial charge < -0.3 is 24.8 Å². The summed E-state index contributed by atoms with van der Waals surface area (Å²) in [6.45, 7) is 10.1. The van der Waals surface area contributed by atoms with Crippen molar-refractivity contribution in [3.05, 3.63) is 44.2 Å². The topological polar surface area (TPSA) is 0 Å². The minimum absolute atomic E-state index is 0. The summed E-state index contributed by atoms with van der Waals surface area (Å²) in [5.41, 5.74) is 0. The molecule has 3 rings (SSSR count). The third-order valence-electron chi connectivity index (χ3n) is 5.88.